The van der Waals surface area contributed by atoms with Crippen LogP contribution in [0.2, 0.25) is 0 Å². The molecule has 7 nitrogen and oxygen atoms in total. The number of nitrogens with zero attached hydrogens (tertiary/aromatic N) is 4. The normalized spacial score (nSPS) is 13.3. The fourth-order valence-electron chi connectivity index (χ4n) is 3.94. The number of ether oxygens (including phenoxy) is 1. The lowest BCUT2D eigenvalue weighted by atomic mass is 9.97. The zero-order valence-corrected chi connectivity index (χ0v) is 19.3. The van der Waals surface area contributed by atoms with E-state index < -0.39 is 0 Å². The van der Waals surface area contributed by atoms with Gasteiger partial charge in [-0.05, 0) is 43.4 Å². The van der Waals surface area contributed by atoms with Crippen molar-refractivity contribution in [3.8, 4) is 17.1 Å². The zero-order chi connectivity index (χ0) is 22.1. The van der Waals surface area contributed by atoms with Crippen LogP contribution < -0.4 is 10.3 Å². The number of thiophene rings is 1. The maximum atomic E-state index is 13.3. The van der Waals surface area contributed by atoms with Crippen molar-refractivity contribution in [1.29, 1.82) is 0 Å². The van der Waals surface area contributed by atoms with Gasteiger partial charge < -0.3 is 9.26 Å². The summed E-state index contributed by atoms with van der Waals surface area (Å²) in [6.07, 6.45) is 6.03. The summed E-state index contributed by atoms with van der Waals surface area (Å²) >= 11 is 3.08. The lowest BCUT2D eigenvalue weighted by molar-refractivity contribution is 0.391. The summed E-state index contributed by atoms with van der Waals surface area (Å²) in [7, 11) is 1.62. The molecule has 1 aliphatic rings. The molecule has 1 aliphatic carbocycles. The van der Waals surface area contributed by atoms with Gasteiger partial charge in [0.25, 0.3) is 5.56 Å². The minimum Gasteiger partial charge on any atom is -0.497 e. The van der Waals surface area contributed by atoms with Gasteiger partial charge in [-0.15, -0.1) is 17.9 Å². The molecule has 0 aliphatic heterocycles. The minimum absolute atomic E-state index is 0.0133. The predicted molar refractivity (Wildman–Crippen MR) is 127 cm³/mol. The van der Waals surface area contributed by atoms with Crippen LogP contribution in [0.4, 0.5) is 0 Å². The number of rotatable bonds is 7. The van der Waals surface area contributed by atoms with E-state index >= 15 is 0 Å². The molecule has 0 fully saturated rings. The monoisotopic (exact) mass is 466 g/mol. The summed E-state index contributed by atoms with van der Waals surface area (Å²) in [4.78, 5) is 24.8. The fourth-order valence-corrected chi connectivity index (χ4v) is 6.09. The Labute approximate surface area is 193 Å². The summed E-state index contributed by atoms with van der Waals surface area (Å²) in [5.41, 5.74) is 2.03. The summed E-state index contributed by atoms with van der Waals surface area (Å²) in [6.45, 7) is 4.23. The molecule has 0 bridgehead atoms. The molecule has 0 unspecified atom stereocenters. The second kappa shape index (κ2) is 8.91. The van der Waals surface area contributed by atoms with E-state index in [0.29, 0.717) is 29.2 Å². The zero-order valence-electron chi connectivity index (χ0n) is 17.7. The van der Waals surface area contributed by atoms with Gasteiger partial charge in [-0.2, -0.15) is 4.98 Å². The summed E-state index contributed by atoms with van der Waals surface area (Å²) in [5, 5.41) is 5.51. The highest BCUT2D eigenvalue weighted by atomic mass is 32.2. The molecule has 9 heteroatoms. The Hall–Kier alpha value is -2.91. The number of hydrogen-bond acceptors (Lipinski definition) is 8. The number of benzene rings is 1. The molecule has 3 heterocycles. The third-order valence-corrected chi connectivity index (χ3v) is 7.62. The second-order valence-corrected chi connectivity index (χ2v) is 9.55. The van der Waals surface area contributed by atoms with Gasteiger partial charge in [0.15, 0.2) is 5.16 Å². The standard InChI is InChI=1S/C23H22N4O3S2/c1-3-11-27-22(28)19-16-9-4-5-10-17(16)32-21(19)25-23(27)31-13-18-24-20(26-30-18)14-7-6-8-15(12-14)29-2/h3,6-8,12H,1,4-5,9-11,13H2,2H3. The summed E-state index contributed by atoms with van der Waals surface area (Å²) in [5.74, 6) is 2.11. The first kappa shape index (κ1) is 21.0. The highest BCUT2D eigenvalue weighted by molar-refractivity contribution is 7.98. The molecule has 32 heavy (non-hydrogen) atoms. The Balaban J connectivity index is 1.44. The van der Waals surface area contributed by atoms with Gasteiger partial charge in [0.1, 0.15) is 10.6 Å². The molecule has 0 radical (unpaired) electrons. The van der Waals surface area contributed by atoms with Crippen molar-refractivity contribution in [3.63, 3.8) is 0 Å². The SMILES string of the molecule is C=CCn1c(SCc2nc(-c3cccc(OC)c3)no2)nc2sc3c(c2c1=O)CCCC3. The molecular weight excluding hydrogens is 444 g/mol. The molecule has 0 N–H and O–H groups in total. The number of aromatic nitrogens is 4. The first-order valence-corrected chi connectivity index (χ1v) is 12.2. The van der Waals surface area contributed by atoms with Gasteiger partial charge in [-0.25, -0.2) is 4.98 Å². The number of allylic oxidation sites excluding steroid dienone is 1. The van der Waals surface area contributed by atoms with Crippen LogP contribution in [0.1, 0.15) is 29.2 Å². The number of hydrogen-bond donors (Lipinski definition) is 0. The maximum absolute atomic E-state index is 13.3. The summed E-state index contributed by atoms with van der Waals surface area (Å²) < 4.78 is 12.4. The Kier molecular flexibility index (Phi) is 5.84. The first-order chi connectivity index (χ1) is 15.7. The molecule has 1 aromatic carbocycles. The van der Waals surface area contributed by atoms with E-state index in [2.05, 4.69) is 16.7 Å². The second-order valence-electron chi connectivity index (χ2n) is 7.52. The maximum Gasteiger partial charge on any atom is 0.263 e. The molecule has 164 valence electrons. The van der Waals surface area contributed by atoms with Gasteiger partial charge >= 0.3 is 0 Å². The van der Waals surface area contributed by atoms with E-state index in [4.69, 9.17) is 14.2 Å². The van der Waals surface area contributed by atoms with Crippen LogP contribution in [0.3, 0.4) is 0 Å². The topological polar surface area (TPSA) is 83.0 Å². The molecular formula is C23H22N4O3S2. The van der Waals surface area contributed by atoms with E-state index in [9.17, 15) is 4.79 Å². The molecule has 5 rings (SSSR count). The van der Waals surface area contributed by atoms with Crippen LogP contribution in [-0.4, -0.2) is 26.8 Å². The smallest absolute Gasteiger partial charge is 0.263 e. The molecule has 4 aromatic rings. The number of fused-ring (bicyclic) bond motifs is 3. The highest BCUT2D eigenvalue weighted by Crippen LogP contribution is 2.35. The van der Waals surface area contributed by atoms with E-state index in [1.165, 1.54) is 28.6 Å². The Morgan fingerprint density at radius 2 is 2.19 bits per heavy atom. The van der Waals surface area contributed by atoms with Gasteiger partial charge in [0, 0.05) is 17.0 Å². The van der Waals surface area contributed by atoms with Crippen LogP contribution in [0, 0.1) is 0 Å². The van der Waals surface area contributed by atoms with Gasteiger partial charge in [-0.3, -0.25) is 9.36 Å². The molecule has 0 atom stereocenters. The molecule has 0 saturated heterocycles. The summed E-state index contributed by atoms with van der Waals surface area (Å²) in [6, 6.07) is 7.51. The van der Waals surface area contributed by atoms with Crippen LogP contribution in [0.25, 0.3) is 21.6 Å². The van der Waals surface area contributed by atoms with Crippen LogP contribution >= 0.6 is 23.1 Å². The van der Waals surface area contributed by atoms with Crippen molar-refractivity contribution in [2.75, 3.05) is 7.11 Å². The van der Waals surface area contributed by atoms with E-state index in [-0.39, 0.29) is 5.56 Å². The average molecular weight is 467 g/mol. The lowest BCUT2D eigenvalue weighted by Crippen LogP contribution is -2.23. The molecule has 3 aromatic heterocycles. The Bertz CT molecular complexity index is 1360. The number of aryl methyl sites for hydroxylation is 2. The van der Waals surface area contributed by atoms with Gasteiger partial charge in [-0.1, -0.05) is 35.1 Å². The van der Waals surface area contributed by atoms with Crippen LogP contribution in [-0.2, 0) is 25.1 Å². The predicted octanol–water partition coefficient (Wildman–Crippen LogP) is 4.87. The lowest BCUT2D eigenvalue weighted by Gasteiger charge is -2.11. The van der Waals surface area contributed by atoms with Gasteiger partial charge in [0.2, 0.25) is 11.7 Å². The van der Waals surface area contributed by atoms with E-state index in [0.717, 1.165) is 40.8 Å². The van der Waals surface area contributed by atoms with E-state index in [1.807, 2.05) is 24.3 Å². The van der Waals surface area contributed by atoms with Crippen molar-refractivity contribution in [1.82, 2.24) is 19.7 Å². The third-order valence-electron chi connectivity index (χ3n) is 5.47. The van der Waals surface area contributed by atoms with Crippen molar-refractivity contribution in [2.45, 2.75) is 43.1 Å². The largest absolute Gasteiger partial charge is 0.497 e. The van der Waals surface area contributed by atoms with E-state index in [1.54, 1.807) is 29.1 Å². The third kappa shape index (κ3) is 3.86. The van der Waals surface area contributed by atoms with Crippen LogP contribution in [0.5, 0.6) is 5.75 Å². The molecule has 0 spiro atoms. The van der Waals surface area contributed by atoms with Crippen molar-refractivity contribution >= 4 is 33.3 Å². The van der Waals surface area contributed by atoms with Crippen LogP contribution in [0.15, 0.2) is 51.4 Å². The average Bonchev–Trinajstić information content (AvgIpc) is 3.44. The molecule has 0 saturated carbocycles. The number of methoxy groups -OCH3 is 1. The molecule has 0 amide bonds. The van der Waals surface area contributed by atoms with Crippen molar-refractivity contribution < 1.29 is 9.26 Å². The van der Waals surface area contributed by atoms with Crippen molar-refractivity contribution in [3.05, 3.63) is 63.6 Å². The minimum atomic E-state index is 0.0133. The highest BCUT2D eigenvalue weighted by Gasteiger charge is 2.22. The van der Waals surface area contributed by atoms with Gasteiger partial charge in [0.05, 0.1) is 18.2 Å². The first-order valence-electron chi connectivity index (χ1n) is 10.4. The number of thioether (sulfide) groups is 1. The Morgan fingerprint density at radius 3 is 3.03 bits per heavy atom. The fraction of sp³-hybridized carbons (Fsp3) is 0.304. The quantitative estimate of drug-likeness (QED) is 0.218. The Morgan fingerprint density at radius 1 is 1.31 bits per heavy atom. The van der Waals surface area contributed by atoms with Crippen molar-refractivity contribution in [2.24, 2.45) is 0 Å².